The fourth-order valence-corrected chi connectivity index (χ4v) is 1.78. The molecule has 0 atom stereocenters. The molecule has 0 aliphatic rings. The SMILES string of the molecule is FC(F)(F)c1cc(Oc2ccccc2I)ccn1. The molecule has 0 radical (unpaired) electrons. The Labute approximate surface area is 115 Å². The number of para-hydroxylation sites is 1. The second-order valence-electron chi connectivity index (χ2n) is 3.41. The van der Waals surface area contributed by atoms with Crippen molar-refractivity contribution >= 4 is 22.6 Å². The zero-order valence-corrected chi connectivity index (χ0v) is 11.1. The van der Waals surface area contributed by atoms with E-state index in [-0.39, 0.29) is 5.75 Å². The van der Waals surface area contributed by atoms with E-state index < -0.39 is 11.9 Å². The van der Waals surface area contributed by atoms with Crippen molar-refractivity contribution in [2.45, 2.75) is 6.18 Å². The average molecular weight is 365 g/mol. The Kier molecular flexibility index (Phi) is 3.74. The van der Waals surface area contributed by atoms with Crippen molar-refractivity contribution in [3.63, 3.8) is 0 Å². The Morgan fingerprint density at radius 2 is 1.83 bits per heavy atom. The minimum absolute atomic E-state index is 0.112. The summed E-state index contributed by atoms with van der Waals surface area (Å²) >= 11 is 2.05. The molecule has 0 aliphatic carbocycles. The van der Waals surface area contributed by atoms with Crippen molar-refractivity contribution < 1.29 is 17.9 Å². The fourth-order valence-electron chi connectivity index (χ4n) is 1.28. The molecular weight excluding hydrogens is 358 g/mol. The number of nitrogens with zero attached hydrogens (tertiary/aromatic N) is 1. The number of halogens is 4. The molecule has 0 bridgehead atoms. The minimum atomic E-state index is -4.47. The van der Waals surface area contributed by atoms with Crippen LogP contribution in [0.15, 0.2) is 42.6 Å². The lowest BCUT2D eigenvalue weighted by Crippen LogP contribution is -2.07. The van der Waals surface area contributed by atoms with Crippen LogP contribution in [0.4, 0.5) is 13.2 Å². The topological polar surface area (TPSA) is 22.1 Å². The molecule has 0 N–H and O–H groups in total. The number of hydrogen-bond acceptors (Lipinski definition) is 2. The van der Waals surface area contributed by atoms with Gasteiger partial charge in [-0.15, -0.1) is 0 Å². The number of benzene rings is 1. The number of pyridine rings is 1. The highest BCUT2D eigenvalue weighted by Gasteiger charge is 2.32. The van der Waals surface area contributed by atoms with E-state index in [1.165, 1.54) is 6.07 Å². The van der Waals surface area contributed by atoms with Crippen molar-refractivity contribution in [2.24, 2.45) is 0 Å². The van der Waals surface area contributed by atoms with Gasteiger partial charge in [-0.1, -0.05) is 12.1 Å². The van der Waals surface area contributed by atoms with E-state index in [4.69, 9.17) is 4.74 Å². The molecule has 0 saturated carbocycles. The van der Waals surface area contributed by atoms with Crippen LogP contribution in [0.5, 0.6) is 11.5 Å². The summed E-state index contributed by atoms with van der Waals surface area (Å²) in [4.78, 5) is 3.27. The predicted octanol–water partition coefficient (Wildman–Crippen LogP) is 4.50. The Balaban J connectivity index is 2.28. The van der Waals surface area contributed by atoms with Crippen LogP contribution in [-0.4, -0.2) is 4.98 Å². The van der Waals surface area contributed by atoms with Crippen molar-refractivity contribution in [3.8, 4) is 11.5 Å². The molecule has 0 unspecified atom stereocenters. The van der Waals surface area contributed by atoms with Crippen LogP contribution < -0.4 is 4.74 Å². The van der Waals surface area contributed by atoms with Gasteiger partial charge in [-0.05, 0) is 40.8 Å². The van der Waals surface area contributed by atoms with Gasteiger partial charge in [-0.3, -0.25) is 4.98 Å². The summed E-state index contributed by atoms with van der Waals surface area (Å²) in [5.41, 5.74) is -0.967. The third-order valence-corrected chi connectivity index (χ3v) is 2.98. The summed E-state index contributed by atoms with van der Waals surface area (Å²) in [6, 6.07) is 9.34. The summed E-state index contributed by atoms with van der Waals surface area (Å²) < 4.78 is 43.6. The lowest BCUT2D eigenvalue weighted by molar-refractivity contribution is -0.141. The number of ether oxygens (including phenoxy) is 1. The molecule has 1 aromatic carbocycles. The van der Waals surface area contributed by atoms with E-state index in [0.717, 1.165) is 15.8 Å². The van der Waals surface area contributed by atoms with Gasteiger partial charge in [0, 0.05) is 12.3 Å². The molecule has 2 rings (SSSR count). The van der Waals surface area contributed by atoms with Gasteiger partial charge in [0.2, 0.25) is 0 Å². The van der Waals surface area contributed by atoms with Crippen molar-refractivity contribution in [1.82, 2.24) is 4.98 Å². The van der Waals surface area contributed by atoms with Crippen LogP contribution in [0.1, 0.15) is 5.69 Å². The maximum absolute atomic E-state index is 12.5. The van der Waals surface area contributed by atoms with Crippen molar-refractivity contribution in [2.75, 3.05) is 0 Å². The summed E-state index contributed by atoms with van der Waals surface area (Å²) in [5.74, 6) is 0.624. The van der Waals surface area contributed by atoms with E-state index in [2.05, 4.69) is 4.98 Å². The van der Waals surface area contributed by atoms with Gasteiger partial charge in [0.05, 0.1) is 3.57 Å². The van der Waals surface area contributed by atoms with E-state index in [1.807, 2.05) is 34.7 Å². The number of hydrogen-bond donors (Lipinski definition) is 0. The highest BCUT2D eigenvalue weighted by Crippen LogP contribution is 2.32. The van der Waals surface area contributed by atoms with Gasteiger partial charge in [0.1, 0.15) is 17.2 Å². The van der Waals surface area contributed by atoms with Crippen LogP contribution in [0.2, 0.25) is 0 Å². The standard InChI is InChI=1S/C12H7F3INO/c13-12(14,15)11-7-8(5-6-17-11)18-10-4-2-1-3-9(10)16/h1-7H. The summed E-state index contributed by atoms with van der Waals surface area (Å²) in [5, 5.41) is 0. The molecule has 6 heteroatoms. The van der Waals surface area contributed by atoms with Crippen molar-refractivity contribution in [1.29, 1.82) is 0 Å². The molecule has 0 spiro atoms. The van der Waals surface area contributed by atoms with Crippen LogP contribution in [0, 0.1) is 3.57 Å². The molecule has 0 aliphatic heterocycles. The van der Waals surface area contributed by atoms with Crippen LogP contribution in [0.25, 0.3) is 0 Å². The second kappa shape index (κ2) is 5.13. The molecule has 1 heterocycles. The first-order valence-corrected chi connectivity index (χ1v) is 6.00. The number of aromatic nitrogens is 1. The first kappa shape index (κ1) is 13.1. The minimum Gasteiger partial charge on any atom is -0.456 e. The van der Waals surface area contributed by atoms with E-state index in [1.54, 1.807) is 12.1 Å². The van der Waals surface area contributed by atoms with Gasteiger partial charge in [0.25, 0.3) is 0 Å². The van der Waals surface area contributed by atoms with Crippen molar-refractivity contribution in [3.05, 3.63) is 51.9 Å². The average Bonchev–Trinajstić information content (AvgIpc) is 2.31. The summed E-state index contributed by atoms with van der Waals surface area (Å²) in [6.07, 6.45) is -3.39. The van der Waals surface area contributed by atoms with Gasteiger partial charge in [-0.25, -0.2) is 0 Å². The van der Waals surface area contributed by atoms with E-state index in [0.29, 0.717) is 5.75 Å². The third-order valence-electron chi connectivity index (χ3n) is 2.09. The quantitative estimate of drug-likeness (QED) is 0.732. The van der Waals surface area contributed by atoms with E-state index in [9.17, 15) is 13.2 Å². The lowest BCUT2D eigenvalue weighted by atomic mass is 10.3. The van der Waals surface area contributed by atoms with E-state index >= 15 is 0 Å². The Morgan fingerprint density at radius 3 is 2.50 bits per heavy atom. The zero-order valence-electron chi connectivity index (χ0n) is 8.91. The first-order valence-electron chi connectivity index (χ1n) is 4.92. The molecule has 1 aromatic heterocycles. The highest BCUT2D eigenvalue weighted by atomic mass is 127. The second-order valence-corrected chi connectivity index (χ2v) is 4.57. The molecule has 2 aromatic rings. The summed E-state index contributed by atoms with van der Waals surface area (Å²) in [6.45, 7) is 0. The highest BCUT2D eigenvalue weighted by molar-refractivity contribution is 14.1. The maximum atomic E-state index is 12.5. The molecule has 18 heavy (non-hydrogen) atoms. The Morgan fingerprint density at radius 1 is 1.11 bits per heavy atom. The van der Waals surface area contributed by atoms with Crippen LogP contribution in [-0.2, 0) is 6.18 Å². The molecule has 94 valence electrons. The van der Waals surface area contributed by atoms with Gasteiger partial charge in [-0.2, -0.15) is 13.2 Å². The Hall–Kier alpha value is -1.31. The predicted molar refractivity (Wildman–Crippen MR) is 68.5 cm³/mol. The molecule has 0 saturated heterocycles. The molecule has 2 nitrogen and oxygen atoms in total. The normalized spacial score (nSPS) is 11.3. The smallest absolute Gasteiger partial charge is 0.433 e. The van der Waals surface area contributed by atoms with Crippen LogP contribution >= 0.6 is 22.6 Å². The number of alkyl halides is 3. The molecule has 0 fully saturated rings. The first-order chi connectivity index (χ1) is 8.47. The van der Waals surface area contributed by atoms with Gasteiger partial charge in [0.15, 0.2) is 0 Å². The van der Waals surface area contributed by atoms with Gasteiger partial charge < -0.3 is 4.74 Å². The van der Waals surface area contributed by atoms with Crippen LogP contribution in [0.3, 0.4) is 0 Å². The summed E-state index contributed by atoms with van der Waals surface area (Å²) in [7, 11) is 0. The Bertz CT molecular complexity index is 557. The molecular formula is C12H7F3INO. The largest absolute Gasteiger partial charge is 0.456 e. The molecule has 0 amide bonds. The number of rotatable bonds is 2. The van der Waals surface area contributed by atoms with Gasteiger partial charge >= 0.3 is 6.18 Å². The monoisotopic (exact) mass is 365 g/mol. The lowest BCUT2D eigenvalue weighted by Gasteiger charge is -2.10. The third kappa shape index (κ3) is 3.12. The fraction of sp³-hybridized carbons (Fsp3) is 0.0833. The maximum Gasteiger partial charge on any atom is 0.433 e. The zero-order chi connectivity index (χ0) is 13.2.